The maximum atomic E-state index is 11.8. The molecule has 2 aromatic rings. The van der Waals surface area contributed by atoms with Crippen LogP contribution in [0.5, 0.6) is 0 Å². The largest absolute Gasteiger partial charge is 0.394 e. The van der Waals surface area contributed by atoms with Crippen molar-refractivity contribution >= 4 is 0 Å². The lowest BCUT2D eigenvalue weighted by Crippen LogP contribution is -2.56. The lowest BCUT2D eigenvalue weighted by Gasteiger charge is -2.39. The molecule has 0 unspecified atom stereocenters. The van der Waals surface area contributed by atoms with Crippen LogP contribution in [0.4, 0.5) is 0 Å². The van der Waals surface area contributed by atoms with Crippen LogP contribution in [0.15, 0.2) is 22.0 Å². The van der Waals surface area contributed by atoms with Gasteiger partial charge in [0.05, 0.1) is 19.3 Å². The van der Waals surface area contributed by atoms with E-state index in [0.717, 1.165) is 4.68 Å². The van der Waals surface area contributed by atoms with E-state index in [2.05, 4.69) is 15.3 Å². The van der Waals surface area contributed by atoms with Crippen LogP contribution < -0.4 is 11.2 Å². The molecule has 0 amide bonds. The van der Waals surface area contributed by atoms with Crippen molar-refractivity contribution < 1.29 is 25.2 Å². The van der Waals surface area contributed by atoms with Gasteiger partial charge in [0.1, 0.15) is 30.1 Å². The summed E-state index contributed by atoms with van der Waals surface area (Å²) in [7, 11) is 0. The average Bonchev–Trinajstić information content (AvgIpc) is 3.06. The highest BCUT2D eigenvalue weighted by Crippen LogP contribution is 2.27. The maximum absolute atomic E-state index is 11.8. The van der Waals surface area contributed by atoms with E-state index >= 15 is 0 Å². The maximum Gasteiger partial charge on any atom is 0.328 e. The molecular formula is C14H19N5O7. The normalized spacial score (nSPS) is 29.0. The van der Waals surface area contributed by atoms with Crippen molar-refractivity contribution in [2.75, 3.05) is 6.61 Å². The predicted octanol–water partition coefficient (Wildman–Crippen LogP) is -3.54. The van der Waals surface area contributed by atoms with Gasteiger partial charge in [0, 0.05) is 11.8 Å². The first-order valence-corrected chi connectivity index (χ1v) is 7.83. The van der Waals surface area contributed by atoms with Gasteiger partial charge >= 0.3 is 5.69 Å². The fraction of sp³-hybridized carbons (Fsp3) is 0.571. The number of nitrogens with zero attached hydrogens (tertiary/aromatic N) is 4. The quantitative estimate of drug-likeness (QED) is 0.365. The van der Waals surface area contributed by atoms with Gasteiger partial charge in [-0.05, 0) is 6.92 Å². The number of hydrogen-bond acceptors (Lipinski definition) is 9. The van der Waals surface area contributed by atoms with E-state index in [1.807, 2.05) is 0 Å². The van der Waals surface area contributed by atoms with E-state index in [4.69, 9.17) is 4.74 Å². The Hall–Kier alpha value is -2.38. The summed E-state index contributed by atoms with van der Waals surface area (Å²) in [6, 6.07) is 0. The fourth-order valence-electron chi connectivity index (χ4n) is 2.72. The Morgan fingerprint density at radius 3 is 2.62 bits per heavy atom. The van der Waals surface area contributed by atoms with Crippen LogP contribution in [0.1, 0.15) is 17.5 Å². The summed E-state index contributed by atoms with van der Waals surface area (Å²) in [5.41, 5.74) is -0.402. The van der Waals surface area contributed by atoms with Crippen LogP contribution in [-0.4, -0.2) is 76.0 Å². The lowest BCUT2D eigenvalue weighted by atomic mass is 9.98. The molecule has 1 fully saturated rings. The minimum absolute atomic E-state index is 0.00781. The smallest absolute Gasteiger partial charge is 0.328 e. The molecule has 5 N–H and O–H groups in total. The number of aryl methyl sites for hydroxylation is 1. The van der Waals surface area contributed by atoms with Crippen molar-refractivity contribution in [2.24, 2.45) is 0 Å². The highest BCUT2D eigenvalue weighted by Gasteiger charge is 2.44. The van der Waals surface area contributed by atoms with E-state index in [0.29, 0.717) is 11.3 Å². The fourth-order valence-corrected chi connectivity index (χ4v) is 2.72. The summed E-state index contributed by atoms with van der Waals surface area (Å²) in [6.07, 6.45) is -4.00. The number of aromatic nitrogens is 5. The number of H-pyrrole nitrogens is 1. The number of aliphatic hydroxyl groups is 4. The molecule has 0 aromatic carbocycles. The second-order valence-electron chi connectivity index (χ2n) is 6.11. The summed E-state index contributed by atoms with van der Waals surface area (Å²) in [6.45, 7) is 1.00. The first-order valence-electron chi connectivity index (χ1n) is 7.83. The SMILES string of the molecule is Cc1cn(Cc2cn([C@@H]3O[C@H](CO)[C@@H](O)[C@H](O)[C@H]3O)nn2)c(=O)[nH]c1=O. The van der Waals surface area contributed by atoms with E-state index in [1.165, 1.54) is 17.0 Å². The number of hydrogen-bond donors (Lipinski definition) is 5. The minimum atomic E-state index is -1.54. The van der Waals surface area contributed by atoms with Crippen molar-refractivity contribution in [3.8, 4) is 0 Å². The van der Waals surface area contributed by atoms with Crippen molar-refractivity contribution in [1.82, 2.24) is 24.5 Å². The lowest BCUT2D eigenvalue weighted by molar-refractivity contribution is -0.254. The van der Waals surface area contributed by atoms with Gasteiger partial charge in [0.2, 0.25) is 0 Å². The van der Waals surface area contributed by atoms with Gasteiger partial charge in [-0.3, -0.25) is 14.3 Å². The third-order valence-corrected chi connectivity index (χ3v) is 4.21. The Labute approximate surface area is 145 Å². The van der Waals surface area contributed by atoms with E-state index in [1.54, 1.807) is 6.92 Å². The Bertz CT molecular complexity index is 888. The van der Waals surface area contributed by atoms with Crippen LogP contribution in [0.2, 0.25) is 0 Å². The van der Waals surface area contributed by atoms with Crippen molar-refractivity contribution in [1.29, 1.82) is 0 Å². The Balaban J connectivity index is 1.82. The molecule has 1 saturated heterocycles. The van der Waals surface area contributed by atoms with Crippen LogP contribution >= 0.6 is 0 Å². The van der Waals surface area contributed by atoms with Gasteiger partial charge in [-0.2, -0.15) is 0 Å². The molecule has 5 atom stereocenters. The predicted molar refractivity (Wildman–Crippen MR) is 84.2 cm³/mol. The summed E-state index contributed by atoms with van der Waals surface area (Å²) in [5.74, 6) is 0. The van der Waals surface area contributed by atoms with Crippen molar-refractivity contribution in [2.45, 2.75) is 44.1 Å². The summed E-state index contributed by atoms with van der Waals surface area (Å²) < 4.78 is 7.73. The van der Waals surface area contributed by atoms with E-state index in [-0.39, 0.29) is 6.54 Å². The molecule has 1 aliphatic heterocycles. The Morgan fingerprint density at radius 1 is 1.19 bits per heavy atom. The van der Waals surface area contributed by atoms with Crippen molar-refractivity contribution in [3.63, 3.8) is 0 Å². The summed E-state index contributed by atoms with van der Waals surface area (Å²) >= 11 is 0. The molecule has 142 valence electrons. The molecule has 3 heterocycles. The molecule has 12 nitrogen and oxygen atoms in total. The van der Waals surface area contributed by atoms with Crippen LogP contribution in [0, 0.1) is 6.92 Å². The molecule has 0 aliphatic carbocycles. The molecular weight excluding hydrogens is 350 g/mol. The highest BCUT2D eigenvalue weighted by molar-refractivity contribution is 5.04. The first kappa shape index (κ1) is 18.4. The summed E-state index contributed by atoms with van der Waals surface area (Å²) in [4.78, 5) is 25.4. The second kappa shape index (κ2) is 7.09. The zero-order valence-electron chi connectivity index (χ0n) is 13.8. The van der Waals surface area contributed by atoms with E-state index < -0.39 is 48.5 Å². The van der Waals surface area contributed by atoms with Crippen LogP contribution in [0.25, 0.3) is 0 Å². The third-order valence-electron chi connectivity index (χ3n) is 4.21. The zero-order valence-corrected chi connectivity index (χ0v) is 13.8. The average molecular weight is 369 g/mol. The van der Waals surface area contributed by atoms with Gasteiger partial charge < -0.3 is 25.2 Å². The summed E-state index contributed by atoms with van der Waals surface area (Å²) in [5, 5.41) is 46.6. The van der Waals surface area contributed by atoms with Gasteiger partial charge in [0.15, 0.2) is 6.23 Å². The minimum Gasteiger partial charge on any atom is -0.394 e. The molecule has 0 spiro atoms. The molecule has 26 heavy (non-hydrogen) atoms. The van der Waals surface area contributed by atoms with Crippen molar-refractivity contribution in [3.05, 3.63) is 44.5 Å². The number of nitrogens with one attached hydrogen (secondary N) is 1. The first-order chi connectivity index (χ1) is 12.3. The van der Waals surface area contributed by atoms with Gasteiger partial charge in [-0.15, -0.1) is 5.10 Å². The monoisotopic (exact) mass is 369 g/mol. The Kier molecular flexibility index (Phi) is 5.02. The molecule has 0 radical (unpaired) electrons. The second-order valence-corrected chi connectivity index (χ2v) is 6.11. The molecule has 1 aliphatic rings. The van der Waals surface area contributed by atoms with Gasteiger partial charge in [0.25, 0.3) is 5.56 Å². The number of ether oxygens (including phenoxy) is 1. The van der Waals surface area contributed by atoms with Crippen LogP contribution in [-0.2, 0) is 11.3 Å². The third kappa shape index (κ3) is 3.32. The number of aromatic amines is 1. The standard InChI is InChI=1S/C14H19N5O7/c1-6-2-18(14(25)15-12(6)24)3-7-4-19(17-16-7)13-11(23)10(22)9(21)8(5-20)26-13/h2,4,8-11,13,20-23H,3,5H2,1H3,(H,15,24,25)/t8-,9-,10+,11-,13-/m1/s1. The zero-order chi connectivity index (χ0) is 19.0. The molecule has 3 rings (SSSR count). The molecule has 12 heteroatoms. The number of aliphatic hydroxyl groups excluding tert-OH is 4. The highest BCUT2D eigenvalue weighted by atomic mass is 16.6. The molecule has 0 bridgehead atoms. The van der Waals surface area contributed by atoms with Gasteiger partial charge in [-0.25, -0.2) is 9.48 Å². The number of rotatable bonds is 4. The molecule has 0 saturated carbocycles. The van der Waals surface area contributed by atoms with Gasteiger partial charge in [-0.1, -0.05) is 5.21 Å². The molecule has 2 aromatic heterocycles. The Morgan fingerprint density at radius 2 is 1.92 bits per heavy atom. The van der Waals surface area contributed by atoms with E-state index in [9.17, 15) is 30.0 Å². The topological polar surface area (TPSA) is 176 Å². The van der Waals surface area contributed by atoms with Crippen LogP contribution in [0.3, 0.4) is 0 Å².